The number of hydrogen-bond donors (Lipinski definition) is 8. The number of esters is 4. The number of halogens is 2. The molecule has 1 fully saturated rings. The maximum absolute atomic E-state index is 11.9. The maximum atomic E-state index is 11.9. The van der Waals surface area contributed by atoms with Gasteiger partial charge in [-0.3, -0.25) is 15.0 Å². The second-order valence-electron chi connectivity index (χ2n) is 16.1. The van der Waals surface area contributed by atoms with Crippen LogP contribution < -0.4 is 21.8 Å². The molecule has 1 saturated heterocycles. The summed E-state index contributed by atoms with van der Waals surface area (Å²) < 4.78 is 41.2. The molecule has 1 aliphatic rings. The zero-order chi connectivity index (χ0) is 56.2. The first kappa shape index (κ1) is 72.4. The molecule has 3 rings (SSSR count). The number of rotatable bonds is 30. The Morgan fingerprint density at radius 1 is 0.595 bits per heavy atom. The average molecular weight is 1060 g/mol. The summed E-state index contributed by atoms with van der Waals surface area (Å²) in [5.74, 6) is -3.53. The molecular formula is C52H87F2N5O15. The Morgan fingerprint density at radius 3 is 1.23 bits per heavy atom. The fourth-order valence-corrected chi connectivity index (χ4v) is 5.56. The molecule has 22 heteroatoms. The number of alkyl halides is 2. The molecule has 2 amide bonds. The zero-order valence-corrected chi connectivity index (χ0v) is 44.3. The summed E-state index contributed by atoms with van der Waals surface area (Å²) in [6.45, 7) is 14.7. The molecule has 9 N–H and O–H groups in total. The number of urea groups is 1. The van der Waals surface area contributed by atoms with Gasteiger partial charge >= 0.3 is 41.8 Å². The van der Waals surface area contributed by atoms with Gasteiger partial charge in [-0.25, -0.2) is 37.8 Å². The van der Waals surface area contributed by atoms with Crippen molar-refractivity contribution in [2.24, 2.45) is 5.73 Å². The van der Waals surface area contributed by atoms with E-state index in [-0.39, 0.29) is 47.4 Å². The predicted molar refractivity (Wildman–Crippen MR) is 277 cm³/mol. The minimum absolute atomic E-state index is 0.0664. The Bertz CT molecular complexity index is 1660. The Hall–Kier alpha value is -5.81. The monoisotopic (exact) mass is 1060 g/mol. The van der Waals surface area contributed by atoms with Crippen molar-refractivity contribution in [2.45, 2.75) is 144 Å². The van der Waals surface area contributed by atoms with Gasteiger partial charge in [0.15, 0.2) is 0 Å². The van der Waals surface area contributed by atoms with E-state index < -0.39 is 36.3 Å². The lowest BCUT2D eigenvalue weighted by molar-refractivity contribution is -0.144. The molecule has 424 valence electrons. The lowest BCUT2D eigenvalue weighted by Gasteiger charge is -2.12. The third-order valence-electron chi connectivity index (χ3n) is 9.46. The number of nitrogens with two attached hydrogens (primary N) is 1. The van der Waals surface area contributed by atoms with E-state index in [1.54, 1.807) is 29.3 Å². The van der Waals surface area contributed by atoms with E-state index >= 15 is 0 Å². The fraction of sp³-hybridized carbons (Fsp3) is 0.635. The number of nitrogens with zero attached hydrogens (tertiary/aromatic N) is 1. The molecule has 1 heterocycles. The molecular weight excluding hydrogens is 973 g/mol. The molecule has 0 spiro atoms. The Morgan fingerprint density at radius 2 is 0.932 bits per heavy atom. The normalized spacial score (nSPS) is 11.2. The van der Waals surface area contributed by atoms with Gasteiger partial charge in [0.05, 0.1) is 68.6 Å². The van der Waals surface area contributed by atoms with Gasteiger partial charge in [-0.15, -0.1) is 0 Å². The van der Waals surface area contributed by atoms with E-state index in [0.29, 0.717) is 59.0 Å². The van der Waals surface area contributed by atoms with Gasteiger partial charge in [0, 0.05) is 39.0 Å². The van der Waals surface area contributed by atoms with Gasteiger partial charge in [0.2, 0.25) is 6.43 Å². The molecule has 74 heavy (non-hydrogen) atoms. The van der Waals surface area contributed by atoms with Gasteiger partial charge in [-0.05, 0) is 69.7 Å². The van der Waals surface area contributed by atoms with Gasteiger partial charge in [0.25, 0.3) is 0 Å². The second-order valence-corrected chi connectivity index (χ2v) is 16.1. The van der Waals surface area contributed by atoms with E-state index in [4.69, 9.17) is 45.1 Å². The molecule has 0 bridgehead atoms. The van der Waals surface area contributed by atoms with E-state index in [2.05, 4.69) is 29.9 Å². The number of carbonyl (C=O) groups excluding carboxylic acids is 5. The number of amides is 2. The summed E-state index contributed by atoms with van der Waals surface area (Å²) in [6, 6.07) is 11.6. The summed E-state index contributed by atoms with van der Waals surface area (Å²) in [4.78, 5) is 77.7. The van der Waals surface area contributed by atoms with Crippen LogP contribution in [0.1, 0.15) is 179 Å². The first-order valence-electron chi connectivity index (χ1n) is 25.5. The summed E-state index contributed by atoms with van der Waals surface area (Å²) in [6.07, 6.45) is 12.6. The minimum Gasteiger partial charge on any atom is -0.478 e. The first-order chi connectivity index (χ1) is 35.5. The van der Waals surface area contributed by atoms with Crippen LogP contribution in [0.4, 0.5) is 13.6 Å². The molecule has 2 aromatic rings. The summed E-state index contributed by atoms with van der Waals surface area (Å²) in [5, 5.41) is 40.9. The summed E-state index contributed by atoms with van der Waals surface area (Å²) in [5.41, 5.74) is 7.46. The number of aliphatic hydroxyl groups is 2. The van der Waals surface area contributed by atoms with E-state index in [1.165, 1.54) is 24.3 Å². The number of benzene rings is 2. The van der Waals surface area contributed by atoms with Gasteiger partial charge in [0.1, 0.15) is 0 Å². The quantitative estimate of drug-likeness (QED) is 0.0211. The molecule has 0 saturated carbocycles. The topological polar surface area (TPSA) is 303 Å². The molecule has 0 aromatic heterocycles. The SMILES string of the molecule is CC(F)F.CCCCOC(=O)CCCCCCCCC(=O)OCCCC.CCCCOC(=O)c1ccccc1C(=O)OCCCC.NC(=O)NN1CCNC1.O=C(O)c1ccccc1C(=O)O.OCCNCCO. The Labute approximate surface area is 436 Å². The number of aliphatic hydroxyl groups excluding tert-OH is 2. The number of nitrogens with one attached hydrogen (secondary N) is 3. The summed E-state index contributed by atoms with van der Waals surface area (Å²) in [7, 11) is 0. The van der Waals surface area contributed by atoms with Crippen molar-refractivity contribution in [2.75, 3.05) is 72.5 Å². The van der Waals surface area contributed by atoms with Gasteiger partial charge < -0.3 is 55.7 Å². The minimum atomic E-state index is -2.17. The number of ether oxygens (including phenoxy) is 4. The van der Waals surface area contributed by atoms with Gasteiger partial charge in [-0.2, -0.15) is 0 Å². The largest absolute Gasteiger partial charge is 0.478 e. The zero-order valence-electron chi connectivity index (χ0n) is 44.3. The van der Waals surface area contributed by atoms with Crippen molar-refractivity contribution < 1.29 is 81.7 Å². The van der Waals surface area contributed by atoms with Crippen molar-refractivity contribution in [3.8, 4) is 0 Å². The van der Waals surface area contributed by atoms with Crippen molar-refractivity contribution in [3.63, 3.8) is 0 Å². The van der Waals surface area contributed by atoms with E-state index in [9.17, 15) is 42.3 Å². The molecule has 1 aliphatic heterocycles. The highest BCUT2D eigenvalue weighted by Gasteiger charge is 2.19. The predicted octanol–water partition coefficient (Wildman–Crippen LogP) is 7.74. The highest BCUT2D eigenvalue weighted by atomic mass is 19.3. The third kappa shape index (κ3) is 46.0. The number of carboxylic acids is 2. The van der Waals surface area contributed by atoms with Crippen molar-refractivity contribution >= 4 is 41.8 Å². The van der Waals surface area contributed by atoms with Crippen LogP contribution >= 0.6 is 0 Å². The van der Waals surface area contributed by atoms with Crippen LogP contribution in [0.15, 0.2) is 48.5 Å². The number of unbranched alkanes of at least 4 members (excludes halogenated alkanes) is 9. The van der Waals surface area contributed by atoms with E-state index in [0.717, 1.165) is 110 Å². The van der Waals surface area contributed by atoms with Crippen LogP contribution in [-0.2, 0) is 28.5 Å². The van der Waals surface area contributed by atoms with Crippen LogP contribution in [0, 0.1) is 0 Å². The highest BCUT2D eigenvalue weighted by Crippen LogP contribution is 2.14. The number of carbonyl (C=O) groups is 7. The Balaban J connectivity index is -0.000000879. The summed E-state index contributed by atoms with van der Waals surface area (Å²) >= 11 is 0. The maximum Gasteiger partial charge on any atom is 0.339 e. The van der Waals surface area contributed by atoms with E-state index in [1.807, 2.05) is 13.8 Å². The van der Waals surface area contributed by atoms with Crippen LogP contribution in [0.25, 0.3) is 0 Å². The number of hydrazine groups is 1. The standard InChI is InChI=1S/C18H34O4.C16H22O4.C8H6O4.C4H10N4O.C4H11NO2.C2H4F2/c1-3-5-15-21-17(19)13-11-9-7-8-10-12-14-18(20)22-16-6-4-2;1-3-5-11-19-15(17)13-9-7-8-10-14(13)16(18)20-12-6-4-2;9-7(10)5-3-1-2-4-6(5)8(11)12;5-4(9)7-8-2-1-6-3-8;6-3-1-5-2-4-7;1-2(3)4/h3-16H2,1-2H3;7-10H,3-6,11-12H2,1-2H3;1-4H,(H,9,10)(H,11,12);6H,1-3H2,(H3,5,7,9);5-7H,1-4H2;2H,1H3. The van der Waals surface area contributed by atoms with Crippen LogP contribution in [0.3, 0.4) is 0 Å². The molecule has 0 unspecified atom stereocenters. The molecule has 20 nitrogen and oxygen atoms in total. The number of carboxylic acid groups (broad SMARTS) is 2. The second kappa shape index (κ2) is 52.1. The molecule has 0 atom stereocenters. The first-order valence-corrected chi connectivity index (χ1v) is 25.5. The average Bonchev–Trinajstić information content (AvgIpc) is 3.88. The fourth-order valence-electron chi connectivity index (χ4n) is 5.56. The highest BCUT2D eigenvalue weighted by molar-refractivity contribution is 6.03. The third-order valence-corrected chi connectivity index (χ3v) is 9.46. The van der Waals surface area contributed by atoms with Crippen molar-refractivity contribution in [1.29, 1.82) is 0 Å². The smallest absolute Gasteiger partial charge is 0.339 e. The lowest BCUT2D eigenvalue weighted by atomic mass is 10.1. The van der Waals surface area contributed by atoms with Crippen LogP contribution in [-0.4, -0.2) is 146 Å². The number of hydrogen-bond acceptors (Lipinski definition) is 16. The van der Waals surface area contributed by atoms with Crippen molar-refractivity contribution in [3.05, 3.63) is 70.8 Å². The van der Waals surface area contributed by atoms with Crippen LogP contribution in [0.2, 0.25) is 0 Å². The Kier molecular flexibility index (Phi) is 51.0. The number of aromatic carboxylic acids is 2. The lowest BCUT2D eigenvalue weighted by Crippen LogP contribution is -2.44. The van der Waals surface area contributed by atoms with Crippen molar-refractivity contribution in [1.82, 2.24) is 21.1 Å². The van der Waals surface area contributed by atoms with Gasteiger partial charge in [-0.1, -0.05) is 103 Å². The molecule has 2 aromatic carbocycles. The molecule has 0 aliphatic carbocycles. The number of primary amides is 1. The molecule has 0 radical (unpaired) electrons. The van der Waals surface area contributed by atoms with Crippen LogP contribution in [0.5, 0.6) is 0 Å².